The van der Waals surface area contributed by atoms with Gasteiger partial charge >= 0.3 is 11.9 Å². The van der Waals surface area contributed by atoms with E-state index < -0.39 is 24.1 Å². The molecule has 1 fully saturated rings. The number of rotatable bonds is 20. The Morgan fingerprint density at radius 2 is 1.31 bits per heavy atom. The molecule has 0 aromatic carbocycles. The smallest absolute Gasteiger partial charge is 0.332 e. The topological polar surface area (TPSA) is 129 Å². The molecule has 4 atom stereocenters. The highest BCUT2D eigenvalue weighted by molar-refractivity contribution is 8.03. The molecule has 36 heavy (non-hydrogen) atoms. The fraction of sp³-hybridized carbons (Fsp3) is 0.826. The molecule has 10 nitrogen and oxygen atoms in total. The maximum absolute atomic E-state index is 12.0. The quantitative estimate of drug-likeness (QED) is 0.127. The Kier molecular flexibility index (Phi) is 18.2. The second kappa shape index (κ2) is 19.9. The van der Waals surface area contributed by atoms with E-state index in [2.05, 4.69) is 16.9 Å². The SMILES string of the molecule is CSCCNC(=O)CC(C)OC(=O)COCOCC(=O)OC(C)CC(=O)NCCSC1CCC1SC. The third-order valence-corrected chi connectivity index (χ3v) is 8.44. The van der Waals surface area contributed by atoms with Crippen LogP contribution in [0.2, 0.25) is 0 Å². The molecular formula is C23H40N2O8S3. The maximum atomic E-state index is 12.0. The van der Waals surface area contributed by atoms with E-state index in [1.807, 2.05) is 29.8 Å². The first kappa shape index (κ1) is 32.9. The van der Waals surface area contributed by atoms with Crippen molar-refractivity contribution in [3.8, 4) is 0 Å². The van der Waals surface area contributed by atoms with Crippen molar-refractivity contribution < 1.29 is 38.1 Å². The van der Waals surface area contributed by atoms with Gasteiger partial charge in [0.25, 0.3) is 0 Å². The number of hydrogen-bond acceptors (Lipinski definition) is 11. The molecule has 0 aliphatic heterocycles. The molecule has 0 aromatic rings. The lowest BCUT2D eigenvalue weighted by molar-refractivity contribution is -0.165. The highest BCUT2D eigenvalue weighted by Gasteiger charge is 2.29. The molecule has 0 spiro atoms. The summed E-state index contributed by atoms with van der Waals surface area (Å²) < 4.78 is 20.3. The Hall–Kier alpha value is -1.15. The Balaban J connectivity index is 2.02. The van der Waals surface area contributed by atoms with Crippen LogP contribution in [0.1, 0.15) is 39.5 Å². The van der Waals surface area contributed by atoms with Gasteiger partial charge in [-0.15, -0.1) is 0 Å². The highest BCUT2D eigenvalue weighted by Crippen LogP contribution is 2.38. The normalized spacial score (nSPS) is 18.4. The summed E-state index contributed by atoms with van der Waals surface area (Å²) in [4.78, 5) is 47.3. The molecule has 1 saturated carbocycles. The standard InChI is InChI=1S/C23H40N2O8S3/c1-16(11-20(26)24-7-9-34-3)32-22(28)13-30-15-31-14-23(29)33-17(2)12-21(27)25-8-10-36-19-6-5-18(19)35-4/h16-19H,5-15H2,1-4H3,(H,24,26)(H,25,27). The molecule has 1 aliphatic carbocycles. The van der Waals surface area contributed by atoms with Gasteiger partial charge in [-0.3, -0.25) is 9.59 Å². The van der Waals surface area contributed by atoms with Gasteiger partial charge in [-0.25, -0.2) is 9.59 Å². The van der Waals surface area contributed by atoms with Crippen LogP contribution in [0.15, 0.2) is 0 Å². The number of thioether (sulfide) groups is 3. The predicted octanol–water partition coefficient (Wildman–Crippen LogP) is 1.84. The van der Waals surface area contributed by atoms with E-state index in [0.29, 0.717) is 18.3 Å². The van der Waals surface area contributed by atoms with E-state index in [1.165, 1.54) is 12.8 Å². The first-order valence-electron chi connectivity index (χ1n) is 12.0. The van der Waals surface area contributed by atoms with E-state index in [9.17, 15) is 19.2 Å². The largest absolute Gasteiger partial charge is 0.460 e. The highest BCUT2D eigenvalue weighted by atomic mass is 32.2. The Labute approximate surface area is 226 Å². The van der Waals surface area contributed by atoms with Crippen LogP contribution >= 0.6 is 35.3 Å². The first-order chi connectivity index (χ1) is 17.2. The second-order valence-electron chi connectivity index (χ2n) is 8.28. The van der Waals surface area contributed by atoms with Crippen molar-refractivity contribution in [2.75, 3.05) is 57.1 Å². The molecule has 2 N–H and O–H groups in total. The van der Waals surface area contributed by atoms with Crippen LogP contribution in [0, 0.1) is 0 Å². The van der Waals surface area contributed by atoms with Gasteiger partial charge in [0.05, 0.1) is 12.8 Å². The van der Waals surface area contributed by atoms with E-state index in [0.717, 1.165) is 16.8 Å². The van der Waals surface area contributed by atoms with Crippen molar-refractivity contribution in [2.45, 2.75) is 62.2 Å². The molecule has 0 radical (unpaired) electrons. The van der Waals surface area contributed by atoms with Gasteiger partial charge in [0.2, 0.25) is 11.8 Å². The zero-order valence-corrected chi connectivity index (χ0v) is 24.0. The minimum absolute atomic E-state index is 0.0662. The summed E-state index contributed by atoms with van der Waals surface area (Å²) in [6.07, 6.45) is 5.57. The molecule has 208 valence electrons. The van der Waals surface area contributed by atoms with Gasteiger partial charge in [0.15, 0.2) is 0 Å². The second-order valence-corrected chi connectivity index (χ2v) is 11.7. The molecule has 2 amide bonds. The minimum atomic E-state index is -0.639. The lowest BCUT2D eigenvalue weighted by Gasteiger charge is -2.34. The third kappa shape index (κ3) is 15.9. The summed E-state index contributed by atoms with van der Waals surface area (Å²) in [7, 11) is 0. The summed E-state index contributed by atoms with van der Waals surface area (Å²) in [6, 6.07) is 0. The van der Waals surface area contributed by atoms with Gasteiger partial charge in [-0.1, -0.05) is 0 Å². The van der Waals surface area contributed by atoms with Crippen LogP contribution in [0.25, 0.3) is 0 Å². The van der Waals surface area contributed by atoms with Crippen LogP contribution in [0.3, 0.4) is 0 Å². The summed E-state index contributed by atoms with van der Waals surface area (Å²) in [5.41, 5.74) is 0. The van der Waals surface area contributed by atoms with E-state index in [4.69, 9.17) is 18.9 Å². The minimum Gasteiger partial charge on any atom is -0.460 e. The molecule has 1 aliphatic rings. The number of hydrogen-bond donors (Lipinski definition) is 2. The van der Waals surface area contributed by atoms with E-state index in [-0.39, 0.29) is 44.7 Å². The van der Waals surface area contributed by atoms with Gasteiger partial charge < -0.3 is 29.6 Å². The van der Waals surface area contributed by atoms with Crippen molar-refractivity contribution in [2.24, 2.45) is 0 Å². The van der Waals surface area contributed by atoms with Crippen molar-refractivity contribution in [3.63, 3.8) is 0 Å². The lowest BCUT2D eigenvalue weighted by Crippen LogP contribution is -2.34. The van der Waals surface area contributed by atoms with Crippen molar-refractivity contribution in [3.05, 3.63) is 0 Å². The molecule has 4 unspecified atom stereocenters. The average Bonchev–Trinajstić information content (AvgIpc) is 2.78. The zero-order chi connectivity index (χ0) is 26.8. The number of ether oxygens (including phenoxy) is 4. The Morgan fingerprint density at radius 1 is 0.806 bits per heavy atom. The maximum Gasteiger partial charge on any atom is 0.332 e. The fourth-order valence-electron chi connectivity index (χ4n) is 3.17. The van der Waals surface area contributed by atoms with Crippen molar-refractivity contribution in [1.82, 2.24) is 10.6 Å². The van der Waals surface area contributed by atoms with E-state index in [1.54, 1.807) is 25.6 Å². The molecule has 0 bridgehead atoms. The monoisotopic (exact) mass is 568 g/mol. The fourth-order valence-corrected chi connectivity index (χ4v) is 6.03. The van der Waals surface area contributed by atoms with Crippen molar-refractivity contribution in [1.29, 1.82) is 0 Å². The number of amides is 2. The summed E-state index contributed by atoms with van der Waals surface area (Å²) in [5.74, 6) is 0.0576. The number of carbonyl (C=O) groups is 4. The average molecular weight is 569 g/mol. The van der Waals surface area contributed by atoms with Gasteiger partial charge in [0.1, 0.15) is 32.2 Å². The molecule has 0 aromatic heterocycles. The molecule has 13 heteroatoms. The van der Waals surface area contributed by atoms with Crippen LogP contribution in [-0.4, -0.2) is 104 Å². The third-order valence-electron chi connectivity index (χ3n) is 5.06. The van der Waals surface area contributed by atoms with Crippen LogP contribution < -0.4 is 10.6 Å². The number of nitrogens with one attached hydrogen (secondary N) is 2. The lowest BCUT2D eigenvalue weighted by atomic mass is 9.99. The number of carbonyl (C=O) groups excluding carboxylic acids is 4. The molecule has 0 heterocycles. The van der Waals surface area contributed by atoms with Gasteiger partial charge in [0, 0.05) is 35.1 Å². The number of esters is 2. The first-order valence-corrected chi connectivity index (χ1v) is 15.7. The van der Waals surface area contributed by atoms with Crippen LogP contribution in [-0.2, 0) is 38.1 Å². The Morgan fingerprint density at radius 3 is 1.75 bits per heavy atom. The van der Waals surface area contributed by atoms with E-state index >= 15 is 0 Å². The van der Waals surface area contributed by atoms with Crippen LogP contribution in [0.4, 0.5) is 0 Å². The summed E-state index contributed by atoms with van der Waals surface area (Å²) in [5, 5.41) is 7.00. The Bertz CT molecular complexity index is 684. The summed E-state index contributed by atoms with van der Waals surface area (Å²) >= 11 is 5.43. The molecule has 1 rings (SSSR count). The predicted molar refractivity (Wildman–Crippen MR) is 144 cm³/mol. The molecule has 0 saturated heterocycles. The zero-order valence-electron chi connectivity index (χ0n) is 21.6. The van der Waals surface area contributed by atoms with Gasteiger partial charge in [-0.05, 0) is 39.2 Å². The van der Waals surface area contributed by atoms with Gasteiger partial charge in [-0.2, -0.15) is 35.3 Å². The van der Waals surface area contributed by atoms with Crippen LogP contribution in [0.5, 0.6) is 0 Å². The molecular weight excluding hydrogens is 528 g/mol. The van der Waals surface area contributed by atoms with Crippen molar-refractivity contribution >= 4 is 59.0 Å². The summed E-state index contributed by atoms with van der Waals surface area (Å²) in [6.45, 7) is 3.36.